The van der Waals surface area contributed by atoms with Crippen molar-refractivity contribution in [2.75, 3.05) is 0 Å². The topological polar surface area (TPSA) is 70.1 Å². The Morgan fingerprint density at radius 1 is 1.07 bits per heavy atom. The fourth-order valence-electron chi connectivity index (χ4n) is 2.89. The van der Waals surface area contributed by atoms with Crippen LogP contribution < -0.4 is 5.43 Å². The molecular weight excluding hydrogens is 372 g/mol. The van der Waals surface area contributed by atoms with Crippen molar-refractivity contribution >= 4 is 34.8 Å². The maximum atomic E-state index is 12.4. The van der Waals surface area contributed by atoms with Gasteiger partial charge in [0, 0.05) is 17.0 Å². The molecule has 0 atom stereocenters. The minimum absolute atomic E-state index is 0.292. The molecule has 5 nitrogen and oxygen atoms in total. The van der Waals surface area contributed by atoms with Crippen molar-refractivity contribution in [2.45, 2.75) is 6.42 Å². The van der Waals surface area contributed by atoms with Crippen LogP contribution in [0.5, 0.6) is 0 Å². The number of aromatic nitrogens is 2. The highest BCUT2D eigenvalue weighted by molar-refractivity contribution is 6.30. The number of aromatic amines is 1. The first kappa shape index (κ1) is 17.9. The number of hydrogen-bond donors (Lipinski definition) is 2. The van der Waals surface area contributed by atoms with E-state index in [9.17, 15) is 4.79 Å². The Morgan fingerprint density at radius 2 is 1.93 bits per heavy atom. The summed E-state index contributed by atoms with van der Waals surface area (Å²) in [6, 6.07) is 22.7. The van der Waals surface area contributed by atoms with Gasteiger partial charge in [0.25, 0.3) is 5.91 Å². The summed E-state index contributed by atoms with van der Waals surface area (Å²) in [4.78, 5) is 20.2. The smallest absolute Gasteiger partial charge is 0.271 e. The Kier molecular flexibility index (Phi) is 5.17. The van der Waals surface area contributed by atoms with Crippen LogP contribution >= 0.6 is 11.6 Å². The zero-order chi connectivity index (χ0) is 19.3. The van der Waals surface area contributed by atoms with Crippen molar-refractivity contribution < 1.29 is 4.79 Å². The van der Waals surface area contributed by atoms with Crippen molar-refractivity contribution in [3.05, 3.63) is 100 Å². The molecule has 3 aromatic carbocycles. The molecule has 0 saturated heterocycles. The number of hydrogen-bond acceptors (Lipinski definition) is 3. The zero-order valence-electron chi connectivity index (χ0n) is 14.9. The maximum Gasteiger partial charge on any atom is 0.271 e. The summed E-state index contributed by atoms with van der Waals surface area (Å²) in [5, 5.41) is 4.61. The Balaban J connectivity index is 1.47. The van der Waals surface area contributed by atoms with Crippen LogP contribution in [0, 0.1) is 0 Å². The quantitative estimate of drug-likeness (QED) is 0.388. The average molecular weight is 389 g/mol. The summed E-state index contributed by atoms with van der Waals surface area (Å²) in [6.45, 7) is 0. The molecule has 138 valence electrons. The van der Waals surface area contributed by atoms with Crippen LogP contribution in [0.1, 0.15) is 27.3 Å². The van der Waals surface area contributed by atoms with Crippen molar-refractivity contribution in [3.63, 3.8) is 0 Å². The largest absolute Gasteiger partial charge is 0.342 e. The first-order valence-electron chi connectivity index (χ1n) is 8.79. The van der Waals surface area contributed by atoms with Gasteiger partial charge in [-0.3, -0.25) is 4.79 Å². The van der Waals surface area contributed by atoms with Gasteiger partial charge in [0.2, 0.25) is 0 Å². The molecule has 0 aliphatic carbocycles. The Bertz CT molecular complexity index is 1150. The lowest BCUT2D eigenvalue weighted by Crippen LogP contribution is -2.17. The average Bonchev–Trinajstić information content (AvgIpc) is 3.10. The molecule has 6 heteroatoms. The third kappa shape index (κ3) is 4.27. The highest BCUT2D eigenvalue weighted by atomic mass is 35.5. The molecule has 0 aliphatic heterocycles. The molecule has 4 rings (SSSR count). The summed E-state index contributed by atoms with van der Waals surface area (Å²) in [5.41, 5.74) is 6.66. The van der Waals surface area contributed by atoms with Crippen molar-refractivity contribution in [2.24, 2.45) is 5.10 Å². The summed E-state index contributed by atoms with van der Waals surface area (Å²) in [6.07, 6.45) is 2.26. The number of H-pyrrole nitrogens is 1. The highest BCUT2D eigenvalue weighted by Crippen LogP contribution is 2.16. The molecule has 0 unspecified atom stereocenters. The second kappa shape index (κ2) is 8.06. The fraction of sp³-hybridized carbons (Fsp3) is 0.0455. The Morgan fingerprint density at radius 3 is 2.75 bits per heavy atom. The van der Waals surface area contributed by atoms with Gasteiger partial charge < -0.3 is 4.98 Å². The van der Waals surface area contributed by atoms with E-state index in [0.717, 1.165) is 22.4 Å². The molecular formula is C22H17ClN4O. The normalized spacial score (nSPS) is 11.2. The van der Waals surface area contributed by atoms with Crippen LogP contribution in [0.2, 0.25) is 5.02 Å². The van der Waals surface area contributed by atoms with E-state index in [4.69, 9.17) is 11.6 Å². The predicted octanol–water partition coefficient (Wildman–Crippen LogP) is 4.57. The lowest BCUT2D eigenvalue weighted by Gasteiger charge is -2.00. The van der Waals surface area contributed by atoms with E-state index in [0.29, 0.717) is 17.0 Å². The number of amides is 1. The molecule has 0 fully saturated rings. The predicted molar refractivity (Wildman–Crippen MR) is 112 cm³/mol. The van der Waals surface area contributed by atoms with E-state index < -0.39 is 0 Å². The molecule has 0 radical (unpaired) electrons. The molecule has 1 heterocycles. The lowest BCUT2D eigenvalue weighted by molar-refractivity contribution is 0.0955. The number of nitrogens with one attached hydrogen (secondary N) is 2. The zero-order valence-corrected chi connectivity index (χ0v) is 15.6. The van der Waals surface area contributed by atoms with Gasteiger partial charge in [-0.05, 0) is 41.5 Å². The molecule has 2 N–H and O–H groups in total. The van der Waals surface area contributed by atoms with Gasteiger partial charge >= 0.3 is 0 Å². The molecule has 0 aliphatic rings. The van der Waals surface area contributed by atoms with Gasteiger partial charge in [-0.15, -0.1) is 0 Å². The van der Waals surface area contributed by atoms with Crippen LogP contribution in [-0.2, 0) is 6.42 Å². The SMILES string of the molecule is O=C(N/N=C\c1cccc(Cl)c1)c1ccc2nc(Cc3ccccc3)[nH]c2c1. The van der Waals surface area contributed by atoms with E-state index in [1.54, 1.807) is 30.5 Å². The van der Waals surface area contributed by atoms with E-state index >= 15 is 0 Å². The molecule has 28 heavy (non-hydrogen) atoms. The summed E-state index contributed by atoms with van der Waals surface area (Å²) in [5.74, 6) is 0.567. The highest BCUT2D eigenvalue weighted by Gasteiger charge is 2.09. The van der Waals surface area contributed by atoms with E-state index in [1.807, 2.05) is 36.4 Å². The fourth-order valence-corrected chi connectivity index (χ4v) is 3.09. The summed E-state index contributed by atoms with van der Waals surface area (Å²) >= 11 is 5.93. The van der Waals surface area contributed by atoms with Crippen molar-refractivity contribution in [1.29, 1.82) is 0 Å². The van der Waals surface area contributed by atoms with Gasteiger partial charge in [-0.2, -0.15) is 5.10 Å². The third-order valence-electron chi connectivity index (χ3n) is 4.24. The molecule has 0 bridgehead atoms. The standard InChI is InChI=1S/C22H17ClN4O/c23-18-8-4-7-16(11-18)14-24-27-22(28)17-9-10-19-20(13-17)26-21(25-19)12-15-5-2-1-3-6-15/h1-11,13-14H,12H2,(H,25,26)(H,27,28)/b24-14-. The Labute approximate surface area is 167 Å². The second-order valence-corrected chi connectivity index (χ2v) is 6.77. The minimum Gasteiger partial charge on any atom is -0.342 e. The number of rotatable bonds is 5. The Hall–Kier alpha value is -3.44. The first-order valence-corrected chi connectivity index (χ1v) is 9.17. The van der Waals surface area contributed by atoms with Crippen LogP contribution in [-0.4, -0.2) is 22.1 Å². The monoisotopic (exact) mass is 388 g/mol. The van der Waals surface area contributed by atoms with Gasteiger partial charge in [-0.25, -0.2) is 10.4 Å². The molecule has 1 amide bonds. The molecule has 4 aromatic rings. The van der Waals surface area contributed by atoms with Gasteiger partial charge in [0.1, 0.15) is 5.82 Å². The lowest BCUT2D eigenvalue weighted by atomic mass is 10.1. The van der Waals surface area contributed by atoms with Gasteiger partial charge in [0.05, 0.1) is 17.2 Å². The molecule has 0 saturated carbocycles. The number of carbonyl (C=O) groups excluding carboxylic acids is 1. The first-order chi connectivity index (χ1) is 13.7. The number of imidazole rings is 1. The number of carbonyl (C=O) groups is 1. The number of hydrazone groups is 1. The van der Waals surface area contributed by atoms with E-state index in [1.165, 1.54) is 5.56 Å². The van der Waals surface area contributed by atoms with Crippen LogP contribution in [0.25, 0.3) is 11.0 Å². The van der Waals surface area contributed by atoms with Crippen LogP contribution in [0.4, 0.5) is 0 Å². The second-order valence-electron chi connectivity index (χ2n) is 6.33. The van der Waals surface area contributed by atoms with E-state index in [-0.39, 0.29) is 5.91 Å². The van der Waals surface area contributed by atoms with Crippen molar-refractivity contribution in [1.82, 2.24) is 15.4 Å². The van der Waals surface area contributed by atoms with E-state index in [2.05, 4.69) is 32.6 Å². The minimum atomic E-state index is -0.292. The number of nitrogens with zero attached hydrogens (tertiary/aromatic N) is 2. The van der Waals surface area contributed by atoms with Crippen LogP contribution in [0.3, 0.4) is 0 Å². The third-order valence-corrected chi connectivity index (χ3v) is 4.47. The van der Waals surface area contributed by atoms with Gasteiger partial charge in [0.15, 0.2) is 0 Å². The molecule has 1 aromatic heterocycles. The maximum absolute atomic E-state index is 12.4. The number of benzene rings is 3. The number of halogens is 1. The summed E-state index contributed by atoms with van der Waals surface area (Å²) in [7, 11) is 0. The summed E-state index contributed by atoms with van der Waals surface area (Å²) < 4.78 is 0. The number of fused-ring (bicyclic) bond motifs is 1. The van der Waals surface area contributed by atoms with Gasteiger partial charge in [-0.1, -0.05) is 54.1 Å². The van der Waals surface area contributed by atoms with Crippen molar-refractivity contribution in [3.8, 4) is 0 Å². The van der Waals surface area contributed by atoms with Crippen LogP contribution in [0.15, 0.2) is 77.9 Å². The molecule has 0 spiro atoms.